The van der Waals surface area contributed by atoms with Crippen molar-refractivity contribution in [3.05, 3.63) is 34.0 Å². The van der Waals surface area contributed by atoms with Crippen LogP contribution in [0.25, 0.3) is 0 Å². The number of alkyl halides is 3. The SMILES string of the molecule is CCc1cnc(CNc2cc(C(F)(F)F)ncc2N)s1. The molecular formula is C12H13F3N4S. The van der Waals surface area contributed by atoms with Gasteiger partial charge in [-0.25, -0.2) is 9.97 Å². The van der Waals surface area contributed by atoms with Gasteiger partial charge < -0.3 is 11.1 Å². The van der Waals surface area contributed by atoms with Gasteiger partial charge in [-0.05, 0) is 12.5 Å². The second-order valence-electron chi connectivity index (χ2n) is 4.08. The number of aryl methyl sites for hydroxylation is 1. The van der Waals surface area contributed by atoms with E-state index in [4.69, 9.17) is 5.73 Å². The number of halogens is 3. The van der Waals surface area contributed by atoms with Crippen LogP contribution in [0.2, 0.25) is 0 Å². The highest BCUT2D eigenvalue weighted by molar-refractivity contribution is 7.11. The van der Waals surface area contributed by atoms with Crippen LogP contribution in [0.3, 0.4) is 0 Å². The topological polar surface area (TPSA) is 63.8 Å². The van der Waals surface area contributed by atoms with Crippen LogP contribution in [-0.2, 0) is 19.1 Å². The van der Waals surface area contributed by atoms with E-state index in [2.05, 4.69) is 15.3 Å². The van der Waals surface area contributed by atoms with Crippen LogP contribution in [0.1, 0.15) is 22.5 Å². The van der Waals surface area contributed by atoms with E-state index in [1.54, 1.807) is 6.20 Å². The molecule has 0 spiro atoms. The van der Waals surface area contributed by atoms with Crippen molar-refractivity contribution in [1.29, 1.82) is 0 Å². The molecule has 0 fully saturated rings. The van der Waals surface area contributed by atoms with Crippen molar-refractivity contribution < 1.29 is 13.2 Å². The molecule has 0 aromatic carbocycles. The summed E-state index contributed by atoms with van der Waals surface area (Å²) >= 11 is 1.52. The molecule has 0 aliphatic rings. The zero-order valence-electron chi connectivity index (χ0n) is 10.7. The molecule has 0 unspecified atom stereocenters. The van der Waals surface area contributed by atoms with Gasteiger partial charge in [0.1, 0.15) is 10.7 Å². The van der Waals surface area contributed by atoms with Gasteiger partial charge in [-0.3, -0.25) is 0 Å². The second kappa shape index (κ2) is 5.66. The molecule has 0 atom stereocenters. The zero-order chi connectivity index (χ0) is 14.8. The molecule has 8 heteroatoms. The van der Waals surface area contributed by atoms with Crippen LogP contribution >= 0.6 is 11.3 Å². The van der Waals surface area contributed by atoms with E-state index >= 15 is 0 Å². The quantitative estimate of drug-likeness (QED) is 0.909. The Balaban J connectivity index is 2.12. The average molecular weight is 302 g/mol. The second-order valence-corrected chi connectivity index (χ2v) is 5.28. The third-order valence-corrected chi connectivity index (χ3v) is 3.75. The molecule has 4 nitrogen and oxygen atoms in total. The van der Waals surface area contributed by atoms with E-state index in [0.717, 1.165) is 28.6 Å². The Morgan fingerprint density at radius 1 is 1.30 bits per heavy atom. The summed E-state index contributed by atoms with van der Waals surface area (Å²) in [7, 11) is 0. The lowest BCUT2D eigenvalue weighted by atomic mass is 10.2. The summed E-state index contributed by atoms with van der Waals surface area (Å²) in [6.45, 7) is 2.34. The van der Waals surface area contributed by atoms with Gasteiger partial charge >= 0.3 is 6.18 Å². The molecule has 0 saturated carbocycles. The van der Waals surface area contributed by atoms with E-state index < -0.39 is 11.9 Å². The molecule has 0 aliphatic heterocycles. The normalized spacial score (nSPS) is 11.6. The number of rotatable bonds is 4. The molecule has 2 rings (SSSR count). The fourth-order valence-electron chi connectivity index (χ4n) is 1.54. The van der Waals surface area contributed by atoms with E-state index in [1.165, 1.54) is 11.3 Å². The minimum absolute atomic E-state index is 0.172. The van der Waals surface area contributed by atoms with E-state index in [0.29, 0.717) is 6.54 Å². The molecule has 3 N–H and O–H groups in total. The number of hydrogen-bond acceptors (Lipinski definition) is 5. The van der Waals surface area contributed by atoms with Gasteiger partial charge in [-0.1, -0.05) is 6.92 Å². The molecule has 0 bridgehead atoms. The first-order chi connectivity index (χ1) is 9.40. The van der Waals surface area contributed by atoms with Crippen molar-refractivity contribution in [3.8, 4) is 0 Å². The lowest BCUT2D eigenvalue weighted by Crippen LogP contribution is -2.10. The fourth-order valence-corrected chi connectivity index (χ4v) is 2.34. The highest BCUT2D eigenvalue weighted by Crippen LogP contribution is 2.31. The van der Waals surface area contributed by atoms with Crippen LogP contribution in [0, 0.1) is 0 Å². The van der Waals surface area contributed by atoms with Gasteiger partial charge in [0.15, 0.2) is 0 Å². The Hall–Kier alpha value is -1.83. The first-order valence-electron chi connectivity index (χ1n) is 5.90. The Bertz CT molecular complexity index is 595. The lowest BCUT2D eigenvalue weighted by Gasteiger charge is -2.11. The Morgan fingerprint density at radius 3 is 2.65 bits per heavy atom. The molecule has 0 aliphatic carbocycles. The van der Waals surface area contributed by atoms with Crippen molar-refractivity contribution in [1.82, 2.24) is 9.97 Å². The van der Waals surface area contributed by atoms with Gasteiger partial charge in [-0.2, -0.15) is 13.2 Å². The maximum atomic E-state index is 12.6. The van der Waals surface area contributed by atoms with Crippen LogP contribution in [-0.4, -0.2) is 9.97 Å². The van der Waals surface area contributed by atoms with Crippen molar-refractivity contribution in [3.63, 3.8) is 0 Å². The Morgan fingerprint density at radius 2 is 2.05 bits per heavy atom. The van der Waals surface area contributed by atoms with E-state index in [9.17, 15) is 13.2 Å². The van der Waals surface area contributed by atoms with Crippen LogP contribution in [0.5, 0.6) is 0 Å². The van der Waals surface area contributed by atoms with E-state index in [1.807, 2.05) is 6.92 Å². The number of thiazole rings is 1. The molecule has 20 heavy (non-hydrogen) atoms. The minimum atomic E-state index is -4.49. The highest BCUT2D eigenvalue weighted by Gasteiger charge is 2.32. The number of nitrogens with zero attached hydrogens (tertiary/aromatic N) is 2. The third kappa shape index (κ3) is 3.38. The molecule has 0 amide bonds. The minimum Gasteiger partial charge on any atom is -0.396 e. The first-order valence-corrected chi connectivity index (χ1v) is 6.72. The lowest BCUT2D eigenvalue weighted by molar-refractivity contribution is -0.141. The molecule has 2 heterocycles. The first kappa shape index (κ1) is 14.6. The molecule has 0 saturated heterocycles. The maximum Gasteiger partial charge on any atom is 0.433 e. The number of hydrogen-bond donors (Lipinski definition) is 2. The van der Waals surface area contributed by atoms with Crippen molar-refractivity contribution >= 4 is 22.7 Å². The zero-order valence-corrected chi connectivity index (χ0v) is 11.5. The number of nitrogens with two attached hydrogens (primary N) is 1. The van der Waals surface area contributed by atoms with Crippen molar-refractivity contribution in [2.45, 2.75) is 26.1 Å². The number of nitrogen functional groups attached to an aromatic ring is 1. The summed E-state index contributed by atoms with van der Waals surface area (Å²) in [6.07, 6.45) is -0.836. The smallest absolute Gasteiger partial charge is 0.396 e. The van der Waals surface area contributed by atoms with Gasteiger partial charge in [0.2, 0.25) is 0 Å². The maximum absolute atomic E-state index is 12.6. The van der Waals surface area contributed by atoms with Gasteiger partial charge in [-0.15, -0.1) is 11.3 Å². The molecule has 108 valence electrons. The Kier molecular flexibility index (Phi) is 4.12. The van der Waals surface area contributed by atoms with Gasteiger partial charge in [0, 0.05) is 11.1 Å². The number of anilines is 2. The standard InChI is InChI=1S/C12H13F3N4S/c1-2-7-4-19-11(20-7)6-17-9-3-10(12(13,14)15)18-5-8(9)16/h3-5H,2,6,16H2,1H3,(H,17,18). The van der Waals surface area contributed by atoms with Crippen LogP contribution < -0.4 is 11.1 Å². The van der Waals surface area contributed by atoms with Crippen LogP contribution in [0.15, 0.2) is 18.5 Å². The molecule has 0 radical (unpaired) electrons. The van der Waals surface area contributed by atoms with Gasteiger partial charge in [0.25, 0.3) is 0 Å². The largest absolute Gasteiger partial charge is 0.433 e. The van der Waals surface area contributed by atoms with Gasteiger partial charge in [0.05, 0.1) is 24.1 Å². The summed E-state index contributed by atoms with van der Waals surface area (Å²) in [5.41, 5.74) is 5.03. The molecule has 2 aromatic rings. The average Bonchev–Trinajstić information content (AvgIpc) is 2.84. The summed E-state index contributed by atoms with van der Waals surface area (Å²) in [5.74, 6) is 0. The fraction of sp³-hybridized carbons (Fsp3) is 0.333. The summed E-state index contributed by atoms with van der Waals surface area (Å²) < 4.78 is 37.7. The van der Waals surface area contributed by atoms with Crippen LogP contribution in [0.4, 0.5) is 24.5 Å². The number of aromatic nitrogens is 2. The summed E-state index contributed by atoms with van der Waals surface area (Å²) in [5, 5.41) is 3.66. The third-order valence-electron chi connectivity index (χ3n) is 2.61. The molecule has 2 aromatic heterocycles. The predicted octanol–water partition coefficient (Wildman–Crippen LogP) is 3.31. The van der Waals surface area contributed by atoms with E-state index in [-0.39, 0.29) is 11.4 Å². The monoisotopic (exact) mass is 302 g/mol. The van der Waals surface area contributed by atoms with Crippen molar-refractivity contribution in [2.75, 3.05) is 11.1 Å². The Labute approximate surface area is 117 Å². The molecular weight excluding hydrogens is 289 g/mol. The number of pyridine rings is 1. The highest BCUT2D eigenvalue weighted by atomic mass is 32.1. The summed E-state index contributed by atoms with van der Waals surface area (Å²) in [4.78, 5) is 8.59. The van der Waals surface area contributed by atoms with Crippen molar-refractivity contribution in [2.24, 2.45) is 0 Å². The summed E-state index contributed by atoms with van der Waals surface area (Å²) in [6, 6.07) is 0.906. The number of nitrogens with one attached hydrogen (secondary N) is 1. The predicted molar refractivity (Wildman–Crippen MR) is 72.5 cm³/mol.